The Morgan fingerprint density at radius 2 is 1.80 bits per heavy atom. The van der Waals surface area contributed by atoms with Crippen LogP contribution in [0.3, 0.4) is 0 Å². The van der Waals surface area contributed by atoms with Crippen LogP contribution in [0.2, 0.25) is 10.0 Å². The smallest absolute Gasteiger partial charge is 0.293 e. The molecule has 6 nitrogen and oxygen atoms in total. The molecule has 0 spiro atoms. The minimum atomic E-state index is -0.390. The highest BCUT2D eigenvalue weighted by Gasteiger charge is 2.35. The summed E-state index contributed by atoms with van der Waals surface area (Å²) >= 11 is 12.9. The molecule has 35 heavy (non-hydrogen) atoms. The number of benzene rings is 3. The monoisotopic (exact) mass is 526 g/mol. The molecule has 0 aromatic heterocycles. The number of nitrogens with zero attached hydrogens (tertiary/aromatic N) is 1. The van der Waals surface area contributed by atoms with Crippen molar-refractivity contribution >= 4 is 63.8 Å². The van der Waals surface area contributed by atoms with Gasteiger partial charge < -0.3 is 10.1 Å². The SMILES string of the molecule is Cc1ccc(NC(=O)COc2ccccc2/C=C2\SC(=O)N(Cc3ccc(Cl)cc3)C2=O)cc1Cl. The van der Waals surface area contributed by atoms with Crippen molar-refractivity contribution in [2.75, 3.05) is 11.9 Å². The van der Waals surface area contributed by atoms with Gasteiger partial charge in [0, 0.05) is 21.3 Å². The molecule has 4 rings (SSSR count). The van der Waals surface area contributed by atoms with Gasteiger partial charge in [-0.2, -0.15) is 0 Å². The number of hydrogen-bond donors (Lipinski definition) is 1. The average molecular weight is 527 g/mol. The van der Waals surface area contributed by atoms with Gasteiger partial charge in [0.2, 0.25) is 0 Å². The van der Waals surface area contributed by atoms with E-state index in [0.717, 1.165) is 22.9 Å². The molecule has 1 heterocycles. The third-order valence-electron chi connectivity index (χ3n) is 5.15. The number of para-hydroxylation sites is 1. The van der Waals surface area contributed by atoms with Crippen molar-refractivity contribution in [3.05, 3.63) is 98.4 Å². The lowest BCUT2D eigenvalue weighted by Crippen LogP contribution is -2.27. The second kappa shape index (κ2) is 11.0. The van der Waals surface area contributed by atoms with Gasteiger partial charge in [-0.05, 0) is 66.2 Å². The van der Waals surface area contributed by atoms with Gasteiger partial charge in [0.1, 0.15) is 5.75 Å². The van der Waals surface area contributed by atoms with Crippen molar-refractivity contribution in [3.63, 3.8) is 0 Å². The molecular formula is C26H20Cl2N2O4S. The topological polar surface area (TPSA) is 75.7 Å². The summed E-state index contributed by atoms with van der Waals surface area (Å²) in [6, 6.07) is 19.2. The summed E-state index contributed by atoms with van der Waals surface area (Å²) in [7, 11) is 0. The molecule has 3 amide bonds. The second-order valence-electron chi connectivity index (χ2n) is 7.73. The van der Waals surface area contributed by atoms with Crippen LogP contribution >= 0.6 is 35.0 Å². The molecule has 1 aliphatic heterocycles. The molecule has 1 saturated heterocycles. The fourth-order valence-corrected chi connectivity index (χ4v) is 4.43. The van der Waals surface area contributed by atoms with E-state index < -0.39 is 5.91 Å². The molecule has 9 heteroatoms. The lowest BCUT2D eigenvalue weighted by molar-refractivity contribution is -0.123. The first kappa shape index (κ1) is 24.9. The maximum absolute atomic E-state index is 12.9. The number of thioether (sulfide) groups is 1. The summed E-state index contributed by atoms with van der Waals surface area (Å²) < 4.78 is 5.71. The molecule has 1 aliphatic rings. The normalized spacial score (nSPS) is 14.5. The Morgan fingerprint density at radius 3 is 2.54 bits per heavy atom. The van der Waals surface area contributed by atoms with E-state index in [4.69, 9.17) is 27.9 Å². The predicted molar refractivity (Wildman–Crippen MR) is 140 cm³/mol. The van der Waals surface area contributed by atoms with Crippen molar-refractivity contribution in [1.82, 2.24) is 4.90 Å². The molecule has 178 valence electrons. The number of carbonyl (C=O) groups excluding carboxylic acids is 3. The van der Waals surface area contributed by atoms with Crippen molar-refractivity contribution in [1.29, 1.82) is 0 Å². The molecule has 1 fully saturated rings. The molecule has 0 unspecified atom stereocenters. The van der Waals surface area contributed by atoms with Crippen LogP contribution in [-0.4, -0.2) is 28.6 Å². The maximum atomic E-state index is 12.9. The molecule has 0 bridgehead atoms. The number of carbonyl (C=O) groups is 3. The van der Waals surface area contributed by atoms with Crippen molar-refractivity contribution in [2.24, 2.45) is 0 Å². The van der Waals surface area contributed by atoms with Crippen LogP contribution in [0, 0.1) is 6.92 Å². The highest BCUT2D eigenvalue weighted by molar-refractivity contribution is 8.18. The fraction of sp³-hybridized carbons (Fsp3) is 0.115. The van der Waals surface area contributed by atoms with E-state index in [1.165, 1.54) is 4.90 Å². The number of anilines is 1. The van der Waals surface area contributed by atoms with E-state index in [9.17, 15) is 14.4 Å². The Labute approximate surface area is 216 Å². The zero-order valence-corrected chi connectivity index (χ0v) is 20.9. The number of amides is 3. The van der Waals surface area contributed by atoms with Crippen LogP contribution in [-0.2, 0) is 16.1 Å². The molecular weight excluding hydrogens is 507 g/mol. The van der Waals surface area contributed by atoms with Gasteiger partial charge in [-0.15, -0.1) is 0 Å². The first-order valence-electron chi connectivity index (χ1n) is 10.6. The Bertz CT molecular complexity index is 1330. The van der Waals surface area contributed by atoms with E-state index >= 15 is 0 Å². The predicted octanol–water partition coefficient (Wildman–Crippen LogP) is 6.56. The van der Waals surface area contributed by atoms with Crippen LogP contribution in [0.15, 0.2) is 71.6 Å². The van der Waals surface area contributed by atoms with E-state index in [2.05, 4.69) is 5.32 Å². The maximum Gasteiger partial charge on any atom is 0.293 e. The molecule has 0 radical (unpaired) electrons. The molecule has 3 aromatic rings. The molecule has 0 saturated carbocycles. The van der Waals surface area contributed by atoms with Crippen LogP contribution in [0.25, 0.3) is 6.08 Å². The lowest BCUT2D eigenvalue weighted by Gasteiger charge is -2.12. The number of halogens is 2. The second-order valence-corrected chi connectivity index (χ2v) is 9.57. The standard InChI is InChI=1S/C26H20Cl2N2O4S/c1-16-6-11-20(13-21(16)28)29-24(31)15-34-22-5-3-2-4-18(22)12-23-25(32)30(26(33)35-23)14-17-7-9-19(27)10-8-17/h2-13H,14-15H2,1H3,(H,29,31)/b23-12-. The highest BCUT2D eigenvalue weighted by Crippen LogP contribution is 2.35. The van der Waals surface area contributed by atoms with Crippen molar-refractivity contribution in [2.45, 2.75) is 13.5 Å². The summed E-state index contributed by atoms with van der Waals surface area (Å²) in [4.78, 5) is 39.2. The number of ether oxygens (including phenoxy) is 1. The molecule has 1 N–H and O–H groups in total. The molecule has 0 atom stereocenters. The number of nitrogens with one attached hydrogen (secondary N) is 1. The lowest BCUT2D eigenvalue weighted by atomic mass is 10.1. The van der Waals surface area contributed by atoms with Crippen LogP contribution in [0.5, 0.6) is 5.75 Å². The first-order chi connectivity index (χ1) is 16.8. The van der Waals surface area contributed by atoms with Gasteiger partial charge in [0.25, 0.3) is 17.1 Å². The van der Waals surface area contributed by atoms with Gasteiger partial charge >= 0.3 is 0 Å². The van der Waals surface area contributed by atoms with E-state index in [1.807, 2.05) is 13.0 Å². The van der Waals surface area contributed by atoms with Crippen molar-refractivity contribution in [3.8, 4) is 5.75 Å². The first-order valence-corrected chi connectivity index (χ1v) is 12.1. The third kappa shape index (κ3) is 6.25. The van der Waals surface area contributed by atoms with E-state index in [-0.39, 0.29) is 29.2 Å². The van der Waals surface area contributed by atoms with Gasteiger partial charge in [0.15, 0.2) is 6.61 Å². The number of imide groups is 1. The summed E-state index contributed by atoms with van der Waals surface area (Å²) in [5, 5.41) is 3.51. The Hall–Kier alpha value is -3.26. The average Bonchev–Trinajstić information content (AvgIpc) is 3.09. The summed E-state index contributed by atoms with van der Waals surface area (Å²) in [6.07, 6.45) is 1.60. The van der Waals surface area contributed by atoms with Crippen LogP contribution in [0.4, 0.5) is 10.5 Å². The zero-order valence-electron chi connectivity index (χ0n) is 18.6. The molecule has 0 aliphatic carbocycles. The van der Waals surface area contributed by atoms with E-state index in [1.54, 1.807) is 66.7 Å². The minimum absolute atomic E-state index is 0.153. The number of aryl methyl sites for hydroxylation is 1. The highest BCUT2D eigenvalue weighted by atomic mass is 35.5. The van der Waals surface area contributed by atoms with Gasteiger partial charge in [0.05, 0.1) is 11.4 Å². The van der Waals surface area contributed by atoms with Gasteiger partial charge in [-0.3, -0.25) is 19.3 Å². The minimum Gasteiger partial charge on any atom is -0.483 e. The van der Waals surface area contributed by atoms with E-state index in [0.29, 0.717) is 27.0 Å². The largest absolute Gasteiger partial charge is 0.483 e. The van der Waals surface area contributed by atoms with Gasteiger partial charge in [-0.1, -0.05) is 59.6 Å². The number of hydrogen-bond acceptors (Lipinski definition) is 5. The number of rotatable bonds is 7. The summed E-state index contributed by atoms with van der Waals surface area (Å²) in [5.41, 5.74) is 2.85. The Balaban J connectivity index is 1.43. The van der Waals surface area contributed by atoms with Crippen molar-refractivity contribution < 1.29 is 19.1 Å². The zero-order chi connectivity index (χ0) is 24.9. The van der Waals surface area contributed by atoms with Gasteiger partial charge in [-0.25, -0.2) is 0 Å². The Morgan fingerprint density at radius 1 is 1.06 bits per heavy atom. The summed E-state index contributed by atoms with van der Waals surface area (Å²) in [5.74, 6) is -0.337. The van der Waals surface area contributed by atoms with Crippen LogP contribution in [0.1, 0.15) is 16.7 Å². The summed E-state index contributed by atoms with van der Waals surface area (Å²) in [6.45, 7) is 1.79. The third-order valence-corrected chi connectivity index (χ3v) is 6.71. The Kier molecular flexibility index (Phi) is 7.80. The quantitative estimate of drug-likeness (QED) is 0.353. The molecule has 3 aromatic carbocycles. The fourth-order valence-electron chi connectivity index (χ4n) is 3.29. The van der Waals surface area contributed by atoms with Crippen LogP contribution < -0.4 is 10.1 Å².